The van der Waals surface area contributed by atoms with Crippen molar-refractivity contribution >= 4 is 11.8 Å². The van der Waals surface area contributed by atoms with Gasteiger partial charge in [-0.15, -0.1) is 5.10 Å². The average Bonchev–Trinajstić information content (AvgIpc) is 3.38. The zero-order valence-electron chi connectivity index (χ0n) is 13.9. The Morgan fingerprint density at radius 2 is 2.16 bits per heavy atom. The first-order valence-corrected chi connectivity index (χ1v) is 9.41. The zero-order chi connectivity index (χ0) is 16.9. The molecular formula is C17H20N6OS. The molecule has 1 atom stereocenters. The number of imidazole rings is 1. The molecule has 0 radical (unpaired) electrons. The molecule has 1 aliphatic heterocycles. The molecule has 0 saturated carbocycles. The van der Waals surface area contributed by atoms with Gasteiger partial charge in [0.05, 0.1) is 18.4 Å². The standard InChI is InChI=1S/C17H20N6OS/c1-2-5-14(6-3-1)11-22-9-8-18-16(22)13-25-17-19-20-21-23(17)12-15-7-4-10-24-15/h1-3,5-6,8-9,15H,4,7,10-13H2. The fourth-order valence-electron chi connectivity index (χ4n) is 2.93. The van der Waals surface area contributed by atoms with Gasteiger partial charge >= 0.3 is 0 Å². The van der Waals surface area contributed by atoms with Crippen LogP contribution in [0.15, 0.2) is 47.9 Å². The van der Waals surface area contributed by atoms with Gasteiger partial charge in [-0.05, 0) is 28.8 Å². The van der Waals surface area contributed by atoms with Crippen molar-refractivity contribution in [3.8, 4) is 0 Å². The van der Waals surface area contributed by atoms with Crippen molar-refractivity contribution in [1.29, 1.82) is 0 Å². The number of benzene rings is 1. The summed E-state index contributed by atoms with van der Waals surface area (Å²) in [5, 5.41) is 12.9. The van der Waals surface area contributed by atoms with Crippen LogP contribution in [-0.2, 0) is 23.6 Å². The summed E-state index contributed by atoms with van der Waals surface area (Å²) in [5.74, 6) is 1.74. The van der Waals surface area contributed by atoms with Crippen LogP contribution in [0.2, 0.25) is 0 Å². The van der Waals surface area contributed by atoms with E-state index in [1.54, 1.807) is 11.8 Å². The fourth-order valence-corrected chi connectivity index (χ4v) is 3.78. The molecule has 0 amide bonds. The number of ether oxygens (including phenoxy) is 1. The molecule has 0 N–H and O–H groups in total. The van der Waals surface area contributed by atoms with E-state index in [1.165, 1.54) is 5.56 Å². The summed E-state index contributed by atoms with van der Waals surface area (Å²) in [4.78, 5) is 4.48. The quantitative estimate of drug-likeness (QED) is 0.606. The Hall–Kier alpha value is -2.19. The van der Waals surface area contributed by atoms with Crippen LogP contribution in [0.1, 0.15) is 24.2 Å². The lowest BCUT2D eigenvalue weighted by molar-refractivity contribution is 0.0912. The van der Waals surface area contributed by atoms with Crippen molar-refractivity contribution < 1.29 is 4.74 Å². The number of nitrogens with zero attached hydrogens (tertiary/aromatic N) is 6. The lowest BCUT2D eigenvalue weighted by Gasteiger charge is -2.10. The molecule has 4 rings (SSSR count). The molecule has 0 spiro atoms. The minimum absolute atomic E-state index is 0.225. The summed E-state index contributed by atoms with van der Waals surface area (Å²) >= 11 is 1.61. The van der Waals surface area contributed by atoms with Crippen molar-refractivity contribution in [3.05, 3.63) is 54.1 Å². The van der Waals surface area contributed by atoms with E-state index in [4.69, 9.17) is 4.74 Å². The van der Waals surface area contributed by atoms with E-state index in [1.807, 2.05) is 23.1 Å². The summed E-state index contributed by atoms with van der Waals surface area (Å²) in [7, 11) is 0. The maximum Gasteiger partial charge on any atom is 0.209 e. The van der Waals surface area contributed by atoms with Crippen LogP contribution in [0.5, 0.6) is 0 Å². The molecule has 1 aliphatic rings. The Balaban J connectivity index is 1.39. The summed E-state index contributed by atoms with van der Waals surface area (Å²) in [6.45, 7) is 2.37. The molecule has 1 unspecified atom stereocenters. The van der Waals surface area contributed by atoms with Crippen molar-refractivity contribution in [2.45, 2.75) is 42.9 Å². The van der Waals surface area contributed by atoms with Crippen molar-refractivity contribution in [2.75, 3.05) is 6.61 Å². The van der Waals surface area contributed by atoms with Gasteiger partial charge in [-0.3, -0.25) is 0 Å². The Kier molecular flexibility index (Phi) is 5.08. The second-order valence-corrected chi connectivity index (χ2v) is 6.97. The predicted octanol–water partition coefficient (Wildman–Crippen LogP) is 2.39. The van der Waals surface area contributed by atoms with Gasteiger partial charge in [-0.25, -0.2) is 9.67 Å². The van der Waals surface area contributed by atoms with Crippen LogP contribution >= 0.6 is 11.8 Å². The van der Waals surface area contributed by atoms with Gasteiger partial charge in [0.2, 0.25) is 5.16 Å². The molecular weight excluding hydrogens is 336 g/mol. The largest absolute Gasteiger partial charge is 0.376 e. The molecule has 1 aromatic carbocycles. The third kappa shape index (κ3) is 4.08. The van der Waals surface area contributed by atoms with Gasteiger partial charge in [-0.2, -0.15) is 0 Å². The van der Waals surface area contributed by atoms with Gasteiger partial charge in [0, 0.05) is 25.5 Å². The lowest BCUT2D eigenvalue weighted by atomic mass is 10.2. The van der Waals surface area contributed by atoms with Gasteiger partial charge in [0.25, 0.3) is 0 Å². The van der Waals surface area contributed by atoms with Gasteiger partial charge in [-0.1, -0.05) is 42.1 Å². The van der Waals surface area contributed by atoms with E-state index in [0.717, 1.165) is 42.7 Å². The molecule has 2 aromatic heterocycles. The first-order chi connectivity index (χ1) is 12.4. The van der Waals surface area contributed by atoms with Crippen LogP contribution in [0.25, 0.3) is 0 Å². The van der Waals surface area contributed by atoms with E-state index in [2.05, 4.69) is 49.3 Å². The molecule has 130 valence electrons. The SMILES string of the molecule is c1ccc(Cn2ccnc2CSc2nnnn2CC2CCCO2)cc1. The van der Waals surface area contributed by atoms with E-state index in [0.29, 0.717) is 6.54 Å². The van der Waals surface area contributed by atoms with Crippen LogP contribution in [0.4, 0.5) is 0 Å². The highest BCUT2D eigenvalue weighted by Gasteiger charge is 2.19. The van der Waals surface area contributed by atoms with E-state index in [9.17, 15) is 0 Å². The summed E-state index contributed by atoms with van der Waals surface area (Å²) in [5.41, 5.74) is 1.26. The lowest BCUT2D eigenvalue weighted by Crippen LogP contribution is -2.17. The molecule has 0 bridgehead atoms. The number of tetrazole rings is 1. The van der Waals surface area contributed by atoms with Crippen molar-refractivity contribution in [1.82, 2.24) is 29.8 Å². The topological polar surface area (TPSA) is 70.7 Å². The highest BCUT2D eigenvalue weighted by Crippen LogP contribution is 2.21. The maximum atomic E-state index is 5.68. The summed E-state index contributed by atoms with van der Waals surface area (Å²) in [6, 6.07) is 10.4. The molecule has 8 heteroatoms. The Morgan fingerprint density at radius 1 is 1.24 bits per heavy atom. The van der Waals surface area contributed by atoms with Crippen molar-refractivity contribution in [3.63, 3.8) is 0 Å². The molecule has 7 nitrogen and oxygen atoms in total. The minimum atomic E-state index is 0.225. The Bertz CT molecular complexity index is 796. The van der Waals surface area contributed by atoms with Crippen LogP contribution in [-0.4, -0.2) is 42.5 Å². The second kappa shape index (κ2) is 7.79. The molecule has 1 fully saturated rings. The monoisotopic (exact) mass is 356 g/mol. The zero-order valence-corrected chi connectivity index (χ0v) is 14.7. The Labute approximate surface area is 150 Å². The summed E-state index contributed by atoms with van der Waals surface area (Å²) < 4.78 is 9.68. The molecule has 0 aliphatic carbocycles. The highest BCUT2D eigenvalue weighted by atomic mass is 32.2. The predicted molar refractivity (Wildman–Crippen MR) is 94.1 cm³/mol. The normalized spacial score (nSPS) is 17.2. The fraction of sp³-hybridized carbons (Fsp3) is 0.412. The smallest absolute Gasteiger partial charge is 0.209 e. The van der Waals surface area contributed by atoms with Crippen molar-refractivity contribution in [2.24, 2.45) is 0 Å². The second-order valence-electron chi connectivity index (χ2n) is 6.02. The molecule has 3 aromatic rings. The van der Waals surface area contributed by atoms with E-state index in [-0.39, 0.29) is 6.10 Å². The third-order valence-electron chi connectivity index (χ3n) is 4.23. The molecule has 1 saturated heterocycles. The first-order valence-electron chi connectivity index (χ1n) is 8.43. The van der Waals surface area contributed by atoms with Crippen LogP contribution in [0, 0.1) is 0 Å². The number of aromatic nitrogens is 6. The maximum absolute atomic E-state index is 5.68. The van der Waals surface area contributed by atoms with Gasteiger partial charge in [0.15, 0.2) is 0 Å². The van der Waals surface area contributed by atoms with Crippen LogP contribution < -0.4 is 0 Å². The van der Waals surface area contributed by atoms with Gasteiger partial charge < -0.3 is 9.30 Å². The average molecular weight is 356 g/mol. The number of thioether (sulfide) groups is 1. The number of hydrogen-bond donors (Lipinski definition) is 0. The van der Waals surface area contributed by atoms with E-state index >= 15 is 0 Å². The highest BCUT2D eigenvalue weighted by molar-refractivity contribution is 7.98. The third-order valence-corrected chi connectivity index (χ3v) is 5.18. The van der Waals surface area contributed by atoms with Gasteiger partial charge in [0.1, 0.15) is 5.82 Å². The Morgan fingerprint density at radius 3 is 3.00 bits per heavy atom. The molecule has 25 heavy (non-hydrogen) atoms. The molecule has 3 heterocycles. The number of rotatable bonds is 7. The minimum Gasteiger partial charge on any atom is -0.376 e. The number of hydrogen-bond acceptors (Lipinski definition) is 6. The first kappa shape index (κ1) is 16.3. The van der Waals surface area contributed by atoms with E-state index < -0.39 is 0 Å². The van der Waals surface area contributed by atoms with Crippen LogP contribution in [0.3, 0.4) is 0 Å². The summed E-state index contributed by atoms with van der Waals surface area (Å²) in [6.07, 6.45) is 6.27.